The van der Waals surface area contributed by atoms with Gasteiger partial charge in [-0.05, 0) is 49.2 Å². The van der Waals surface area contributed by atoms with Gasteiger partial charge in [-0.3, -0.25) is 4.98 Å². The zero-order valence-electron chi connectivity index (χ0n) is 17.5. The summed E-state index contributed by atoms with van der Waals surface area (Å²) in [7, 11) is 0. The van der Waals surface area contributed by atoms with E-state index in [9.17, 15) is 0 Å². The molecule has 2 N–H and O–H groups in total. The van der Waals surface area contributed by atoms with Crippen molar-refractivity contribution in [2.45, 2.75) is 33.5 Å². The summed E-state index contributed by atoms with van der Waals surface area (Å²) < 4.78 is 5.87. The van der Waals surface area contributed by atoms with Gasteiger partial charge in [0.25, 0.3) is 0 Å². The minimum Gasteiger partial charge on any atom is -0.487 e. The van der Waals surface area contributed by atoms with Crippen molar-refractivity contribution in [2.24, 2.45) is 4.99 Å². The fourth-order valence-electron chi connectivity index (χ4n) is 2.89. The van der Waals surface area contributed by atoms with E-state index >= 15 is 0 Å². The fraction of sp³-hybridized carbons (Fsp3) is 0.250. The summed E-state index contributed by atoms with van der Waals surface area (Å²) in [5, 5.41) is 6.69. The van der Waals surface area contributed by atoms with Gasteiger partial charge < -0.3 is 15.4 Å². The predicted molar refractivity (Wildman–Crippen MR) is 133 cm³/mol. The molecule has 0 spiro atoms. The highest BCUT2D eigenvalue weighted by Crippen LogP contribution is 2.14. The second kappa shape index (κ2) is 12.8. The smallest absolute Gasteiger partial charge is 0.191 e. The van der Waals surface area contributed by atoms with Crippen LogP contribution in [0.3, 0.4) is 0 Å². The molecule has 0 unspecified atom stereocenters. The van der Waals surface area contributed by atoms with Gasteiger partial charge >= 0.3 is 0 Å². The Hall–Kier alpha value is -2.61. The van der Waals surface area contributed by atoms with E-state index in [0.717, 1.165) is 29.5 Å². The first kappa shape index (κ1) is 23.7. The highest BCUT2D eigenvalue weighted by Gasteiger charge is 2.02. The second-order valence-corrected chi connectivity index (χ2v) is 6.79. The van der Waals surface area contributed by atoms with Gasteiger partial charge in [0.05, 0.1) is 12.2 Å². The summed E-state index contributed by atoms with van der Waals surface area (Å²) in [6.45, 7) is 6.74. The van der Waals surface area contributed by atoms with Gasteiger partial charge in [-0.25, -0.2) is 4.99 Å². The lowest BCUT2D eigenvalue weighted by molar-refractivity contribution is 0.301. The number of ether oxygens (including phenoxy) is 1. The van der Waals surface area contributed by atoms with Crippen LogP contribution in [0.5, 0.6) is 5.75 Å². The number of aryl methyl sites for hydroxylation is 1. The average molecular weight is 516 g/mol. The molecule has 3 rings (SSSR count). The summed E-state index contributed by atoms with van der Waals surface area (Å²) in [4.78, 5) is 8.98. The topological polar surface area (TPSA) is 58.5 Å². The van der Waals surface area contributed by atoms with E-state index in [1.165, 1.54) is 11.1 Å². The number of rotatable bonds is 8. The Labute approximate surface area is 196 Å². The highest BCUT2D eigenvalue weighted by atomic mass is 127. The molecular formula is C24H29IN4O. The number of nitrogens with zero attached hydrogens (tertiary/aromatic N) is 2. The number of nitrogens with one attached hydrogen (secondary N) is 2. The van der Waals surface area contributed by atoms with Crippen LogP contribution in [-0.2, 0) is 19.7 Å². The summed E-state index contributed by atoms with van der Waals surface area (Å²) in [6.07, 6.45) is 1.78. The maximum absolute atomic E-state index is 5.87. The zero-order chi connectivity index (χ0) is 20.3. The fourth-order valence-corrected chi connectivity index (χ4v) is 2.89. The molecule has 30 heavy (non-hydrogen) atoms. The summed E-state index contributed by atoms with van der Waals surface area (Å²) in [6, 6.07) is 22.3. The number of aliphatic imine (C=N–C) groups is 1. The lowest BCUT2D eigenvalue weighted by atomic mass is 10.1. The van der Waals surface area contributed by atoms with Crippen LogP contribution in [-0.4, -0.2) is 17.5 Å². The molecule has 0 saturated heterocycles. The van der Waals surface area contributed by atoms with Gasteiger partial charge in [0.15, 0.2) is 5.96 Å². The monoisotopic (exact) mass is 516 g/mol. The normalized spacial score (nSPS) is 10.8. The third-order valence-electron chi connectivity index (χ3n) is 4.32. The van der Waals surface area contributed by atoms with Gasteiger partial charge in [0.1, 0.15) is 12.4 Å². The van der Waals surface area contributed by atoms with Gasteiger partial charge in [-0.1, -0.05) is 48.0 Å². The van der Waals surface area contributed by atoms with Crippen molar-refractivity contribution >= 4 is 29.9 Å². The lowest BCUT2D eigenvalue weighted by Crippen LogP contribution is -2.36. The first-order chi connectivity index (χ1) is 14.2. The van der Waals surface area contributed by atoms with Crippen molar-refractivity contribution < 1.29 is 4.74 Å². The van der Waals surface area contributed by atoms with Crippen molar-refractivity contribution in [1.82, 2.24) is 15.6 Å². The molecule has 2 aromatic carbocycles. The molecule has 6 heteroatoms. The molecular weight excluding hydrogens is 487 g/mol. The predicted octanol–water partition coefficient (Wildman–Crippen LogP) is 4.84. The Morgan fingerprint density at radius 2 is 1.80 bits per heavy atom. The minimum atomic E-state index is 0. The number of guanidine groups is 1. The number of aromatic nitrogens is 1. The molecule has 1 heterocycles. The van der Waals surface area contributed by atoms with Gasteiger partial charge in [-0.2, -0.15) is 0 Å². The maximum Gasteiger partial charge on any atom is 0.191 e. The van der Waals surface area contributed by atoms with Gasteiger partial charge in [0.2, 0.25) is 0 Å². The second-order valence-electron chi connectivity index (χ2n) is 6.79. The molecule has 1 aromatic heterocycles. The van der Waals surface area contributed by atoms with Crippen molar-refractivity contribution in [3.8, 4) is 5.75 Å². The van der Waals surface area contributed by atoms with E-state index in [-0.39, 0.29) is 24.0 Å². The largest absolute Gasteiger partial charge is 0.487 e. The van der Waals surface area contributed by atoms with Gasteiger partial charge in [-0.15, -0.1) is 24.0 Å². The number of pyridine rings is 1. The lowest BCUT2D eigenvalue weighted by Gasteiger charge is -2.12. The van der Waals surface area contributed by atoms with Crippen LogP contribution in [0.25, 0.3) is 0 Å². The first-order valence-corrected chi connectivity index (χ1v) is 9.92. The highest BCUT2D eigenvalue weighted by molar-refractivity contribution is 14.0. The Morgan fingerprint density at radius 1 is 0.967 bits per heavy atom. The van der Waals surface area contributed by atoms with E-state index in [0.29, 0.717) is 19.7 Å². The third kappa shape index (κ3) is 8.02. The number of hydrogen-bond acceptors (Lipinski definition) is 3. The van der Waals surface area contributed by atoms with E-state index in [4.69, 9.17) is 9.73 Å². The zero-order valence-corrected chi connectivity index (χ0v) is 19.8. The molecule has 158 valence electrons. The molecule has 5 nitrogen and oxygen atoms in total. The van der Waals surface area contributed by atoms with Crippen LogP contribution in [0.1, 0.15) is 29.3 Å². The van der Waals surface area contributed by atoms with Crippen molar-refractivity contribution in [3.63, 3.8) is 0 Å². The van der Waals surface area contributed by atoms with E-state index in [1.54, 1.807) is 6.20 Å². The standard InChI is InChI=1S/C24H28N4O.HI/c1-3-25-24(27-16-20-9-6-8-19(2)14-20)28-17-21-10-7-12-23(15-21)29-18-22-11-4-5-13-26-22;/h4-15H,3,16-18H2,1-2H3,(H2,25,27,28);1H. The van der Waals surface area contributed by atoms with Crippen LogP contribution in [0.4, 0.5) is 0 Å². The Balaban J connectivity index is 0.00000320. The molecule has 0 fully saturated rings. The molecule has 0 aliphatic rings. The summed E-state index contributed by atoms with van der Waals surface area (Å²) >= 11 is 0. The summed E-state index contributed by atoms with van der Waals surface area (Å²) in [5.41, 5.74) is 4.49. The third-order valence-corrected chi connectivity index (χ3v) is 4.32. The van der Waals surface area contributed by atoms with Crippen molar-refractivity contribution in [1.29, 1.82) is 0 Å². The quantitative estimate of drug-likeness (QED) is 0.256. The Bertz CT molecular complexity index is 931. The van der Waals surface area contributed by atoms with Gasteiger partial charge in [0, 0.05) is 19.3 Å². The Morgan fingerprint density at radius 3 is 2.57 bits per heavy atom. The molecule has 3 aromatic rings. The van der Waals surface area contributed by atoms with E-state index in [1.807, 2.05) is 36.4 Å². The molecule has 0 radical (unpaired) electrons. The maximum atomic E-state index is 5.87. The van der Waals surface area contributed by atoms with Crippen LogP contribution < -0.4 is 15.4 Å². The summed E-state index contributed by atoms with van der Waals surface area (Å²) in [5.74, 6) is 1.63. The van der Waals surface area contributed by atoms with E-state index < -0.39 is 0 Å². The molecule has 0 saturated carbocycles. The molecule has 0 bridgehead atoms. The average Bonchev–Trinajstić information content (AvgIpc) is 2.75. The van der Waals surface area contributed by atoms with Crippen molar-refractivity contribution in [2.75, 3.05) is 6.54 Å². The molecule has 0 aliphatic heterocycles. The van der Waals surface area contributed by atoms with Crippen LogP contribution >= 0.6 is 24.0 Å². The van der Waals surface area contributed by atoms with Crippen LogP contribution in [0, 0.1) is 6.92 Å². The SMILES string of the molecule is CCNC(=NCc1cccc(C)c1)NCc1cccc(OCc2ccccn2)c1.I. The first-order valence-electron chi connectivity index (χ1n) is 9.92. The van der Waals surface area contributed by atoms with Crippen LogP contribution in [0.2, 0.25) is 0 Å². The molecule has 0 amide bonds. The number of benzene rings is 2. The number of hydrogen-bond donors (Lipinski definition) is 2. The van der Waals surface area contributed by atoms with Crippen LogP contribution in [0.15, 0.2) is 77.9 Å². The minimum absolute atomic E-state index is 0. The van der Waals surface area contributed by atoms with Crippen molar-refractivity contribution in [3.05, 3.63) is 95.3 Å². The molecule has 0 aliphatic carbocycles. The van der Waals surface area contributed by atoms with E-state index in [2.05, 4.69) is 59.8 Å². The molecule has 0 atom stereocenters. The Kier molecular flexibility index (Phi) is 10.1. The number of halogens is 1.